The van der Waals surface area contributed by atoms with Crippen LogP contribution in [0.4, 0.5) is 0 Å². The standard InChI is InChI=1S/C13H14O2/c1-8(2)12(14)13-9(3)10-6-4-5-7-11(10)15-13/h4-8H,1-3H3. The molecule has 0 aliphatic carbocycles. The van der Waals surface area contributed by atoms with E-state index >= 15 is 0 Å². The number of rotatable bonds is 2. The number of fused-ring (bicyclic) bond motifs is 1. The van der Waals surface area contributed by atoms with Crippen molar-refractivity contribution < 1.29 is 9.21 Å². The molecule has 2 rings (SSSR count). The van der Waals surface area contributed by atoms with Crippen molar-refractivity contribution in [2.24, 2.45) is 5.92 Å². The minimum absolute atomic E-state index is 0.0238. The van der Waals surface area contributed by atoms with Crippen molar-refractivity contribution in [1.29, 1.82) is 0 Å². The number of para-hydroxylation sites is 1. The van der Waals surface area contributed by atoms with E-state index in [2.05, 4.69) is 0 Å². The van der Waals surface area contributed by atoms with Gasteiger partial charge in [0.2, 0.25) is 5.78 Å². The number of hydrogen-bond donors (Lipinski definition) is 0. The average molecular weight is 202 g/mol. The summed E-state index contributed by atoms with van der Waals surface area (Å²) in [6.07, 6.45) is 0. The fourth-order valence-electron chi connectivity index (χ4n) is 1.67. The number of ketones is 1. The SMILES string of the molecule is Cc1c(C(=O)C(C)C)oc2ccccc12. The van der Waals surface area contributed by atoms with Crippen molar-refractivity contribution in [3.63, 3.8) is 0 Å². The lowest BCUT2D eigenvalue weighted by Crippen LogP contribution is -2.07. The van der Waals surface area contributed by atoms with Gasteiger partial charge in [0.15, 0.2) is 5.76 Å². The maximum absolute atomic E-state index is 11.8. The summed E-state index contributed by atoms with van der Waals surface area (Å²) in [4.78, 5) is 11.8. The van der Waals surface area contributed by atoms with Gasteiger partial charge in [0.05, 0.1) is 0 Å². The second-order valence-corrected chi connectivity index (χ2v) is 4.07. The van der Waals surface area contributed by atoms with Crippen LogP contribution in [0.2, 0.25) is 0 Å². The van der Waals surface area contributed by atoms with Crippen LogP contribution in [0, 0.1) is 12.8 Å². The molecule has 0 atom stereocenters. The van der Waals surface area contributed by atoms with Crippen molar-refractivity contribution >= 4 is 16.8 Å². The maximum atomic E-state index is 11.8. The number of benzene rings is 1. The minimum atomic E-state index is -0.0238. The molecule has 0 saturated carbocycles. The predicted octanol–water partition coefficient (Wildman–Crippen LogP) is 3.58. The lowest BCUT2D eigenvalue weighted by Gasteiger charge is -2.00. The van der Waals surface area contributed by atoms with Gasteiger partial charge in [0, 0.05) is 16.9 Å². The Morgan fingerprint density at radius 1 is 1.27 bits per heavy atom. The van der Waals surface area contributed by atoms with Crippen LogP contribution in [-0.2, 0) is 0 Å². The summed E-state index contributed by atoms with van der Waals surface area (Å²) in [5.41, 5.74) is 1.74. The molecule has 1 aromatic carbocycles. The van der Waals surface area contributed by atoms with Gasteiger partial charge in [-0.25, -0.2) is 0 Å². The summed E-state index contributed by atoms with van der Waals surface area (Å²) in [5.74, 6) is 0.555. The Morgan fingerprint density at radius 2 is 1.93 bits per heavy atom. The van der Waals surface area contributed by atoms with Crippen LogP contribution < -0.4 is 0 Å². The highest BCUT2D eigenvalue weighted by Crippen LogP contribution is 2.26. The Labute approximate surface area is 88.9 Å². The highest BCUT2D eigenvalue weighted by Gasteiger charge is 2.19. The monoisotopic (exact) mass is 202 g/mol. The minimum Gasteiger partial charge on any atom is -0.453 e. The summed E-state index contributed by atoms with van der Waals surface area (Å²) in [6.45, 7) is 5.70. The molecular formula is C13H14O2. The predicted molar refractivity (Wildman–Crippen MR) is 60.1 cm³/mol. The van der Waals surface area contributed by atoms with E-state index in [1.165, 1.54) is 0 Å². The fourth-order valence-corrected chi connectivity index (χ4v) is 1.67. The summed E-state index contributed by atoms with van der Waals surface area (Å²) in [5, 5.41) is 1.03. The number of furan rings is 1. The molecule has 1 heterocycles. The molecule has 0 N–H and O–H groups in total. The van der Waals surface area contributed by atoms with Gasteiger partial charge < -0.3 is 4.42 Å². The van der Waals surface area contributed by atoms with Crippen molar-refractivity contribution in [2.45, 2.75) is 20.8 Å². The highest BCUT2D eigenvalue weighted by molar-refractivity contribution is 6.01. The van der Waals surface area contributed by atoms with Gasteiger partial charge in [-0.3, -0.25) is 4.79 Å². The number of hydrogen-bond acceptors (Lipinski definition) is 2. The summed E-state index contributed by atoms with van der Waals surface area (Å²) in [7, 11) is 0. The number of carbonyl (C=O) groups excluding carboxylic acids is 1. The molecule has 1 aromatic heterocycles. The van der Waals surface area contributed by atoms with E-state index in [-0.39, 0.29) is 11.7 Å². The van der Waals surface area contributed by atoms with E-state index in [9.17, 15) is 4.79 Å². The molecule has 0 aliphatic heterocycles. The average Bonchev–Trinajstić information content (AvgIpc) is 2.56. The highest BCUT2D eigenvalue weighted by atomic mass is 16.3. The smallest absolute Gasteiger partial charge is 0.200 e. The van der Waals surface area contributed by atoms with Crippen LogP contribution in [0.15, 0.2) is 28.7 Å². The van der Waals surface area contributed by atoms with Crippen LogP contribution in [0.3, 0.4) is 0 Å². The van der Waals surface area contributed by atoms with Crippen molar-refractivity contribution in [1.82, 2.24) is 0 Å². The molecule has 0 radical (unpaired) electrons. The summed E-state index contributed by atoms with van der Waals surface area (Å²) < 4.78 is 5.57. The van der Waals surface area contributed by atoms with E-state index in [1.54, 1.807) is 0 Å². The molecule has 0 unspecified atom stereocenters. The third-order valence-corrected chi connectivity index (χ3v) is 2.59. The second-order valence-electron chi connectivity index (χ2n) is 4.07. The number of carbonyl (C=O) groups is 1. The first-order chi connectivity index (χ1) is 7.11. The molecule has 0 spiro atoms. The Bertz CT molecular complexity index is 506. The number of aryl methyl sites for hydroxylation is 1. The van der Waals surface area contributed by atoms with E-state index in [0.717, 1.165) is 16.5 Å². The summed E-state index contributed by atoms with van der Waals surface area (Å²) >= 11 is 0. The van der Waals surface area contributed by atoms with Gasteiger partial charge in [-0.05, 0) is 13.0 Å². The Kier molecular flexibility index (Phi) is 2.35. The van der Waals surface area contributed by atoms with Crippen LogP contribution in [0.5, 0.6) is 0 Å². The molecule has 0 amide bonds. The molecule has 2 heteroatoms. The van der Waals surface area contributed by atoms with Gasteiger partial charge in [0.25, 0.3) is 0 Å². The lowest BCUT2D eigenvalue weighted by molar-refractivity contribution is 0.0912. The van der Waals surface area contributed by atoms with Gasteiger partial charge >= 0.3 is 0 Å². The third-order valence-electron chi connectivity index (χ3n) is 2.59. The van der Waals surface area contributed by atoms with E-state index in [0.29, 0.717) is 5.76 Å². The van der Waals surface area contributed by atoms with Crippen molar-refractivity contribution in [2.75, 3.05) is 0 Å². The quantitative estimate of drug-likeness (QED) is 0.697. The molecular weight excluding hydrogens is 188 g/mol. The van der Waals surface area contributed by atoms with E-state index in [4.69, 9.17) is 4.42 Å². The largest absolute Gasteiger partial charge is 0.453 e. The first-order valence-electron chi connectivity index (χ1n) is 5.13. The molecule has 0 fully saturated rings. The van der Waals surface area contributed by atoms with Gasteiger partial charge in [-0.1, -0.05) is 32.0 Å². The molecule has 2 aromatic rings. The normalized spacial score (nSPS) is 11.2. The van der Waals surface area contributed by atoms with Gasteiger partial charge in [-0.15, -0.1) is 0 Å². The molecule has 0 saturated heterocycles. The Morgan fingerprint density at radius 3 is 2.53 bits per heavy atom. The molecule has 15 heavy (non-hydrogen) atoms. The maximum Gasteiger partial charge on any atom is 0.200 e. The zero-order valence-electron chi connectivity index (χ0n) is 9.20. The van der Waals surface area contributed by atoms with Gasteiger partial charge in [-0.2, -0.15) is 0 Å². The zero-order valence-corrected chi connectivity index (χ0v) is 9.20. The van der Waals surface area contributed by atoms with E-state index < -0.39 is 0 Å². The Balaban J connectivity index is 2.63. The summed E-state index contributed by atoms with van der Waals surface area (Å²) in [6, 6.07) is 7.73. The topological polar surface area (TPSA) is 30.2 Å². The first-order valence-corrected chi connectivity index (χ1v) is 5.13. The molecule has 0 aliphatic rings. The second kappa shape index (κ2) is 3.54. The third kappa shape index (κ3) is 1.56. The Hall–Kier alpha value is -1.57. The van der Waals surface area contributed by atoms with Crippen LogP contribution in [0.1, 0.15) is 30.0 Å². The van der Waals surface area contributed by atoms with Crippen LogP contribution in [-0.4, -0.2) is 5.78 Å². The van der Waals surface area contributed by atoms with Gasteiger partial charge in [0.1, 0.15) is 5.58 Å². The number of Topliss-reactive ketones (excluding diaryl/α,β-unsaturated/α-hetero) is 1. The van der Waals surface area contributed by atoms with Crippen molar-refractivity contribution in [3.8, 4) is 0 Å². The molecule has 78 valence electrons. The molecule has 0 bridgehead atoms. The van der Waals surface area contributed by atoms with Crippen LogP contribution >= 0.6 is 0 Å². The lowest BCUT2D eigenvalue weighted by atomic mass is 10.0. The van der Waals surface area contributed by atoms with Crippen molar-refractivity contribution in [3.05, 3.63) is 35.6 Å². The van der Waals surface area contributed by atoms with E-state index in [1.807, 2.05) is 45.0 Å². The molecule has 2 nitrogen and oxygen atoms in total. The first kappa shape index (κ1) is 9.97. The zero-order chi connectivity index (χ0) is 11.0. The van der Waals surface area contributed by atoms with Crippen LogP contribution in [0.25, 0.3) is 11.0 Å². The fraction of sp³-hybridized carbons (Fsp3) is 0.308.